The van der Waals surface area contributed by atoms with E-state index in [1.165, 1.54) is 12.1 Å². The highest BCUT2D eigenvalue weighted by Gasteiger charge is 2.14. The molecule has 4 rings (SSSR count). The molecule has 1 aromatic heterocycles. The van der Waals surface area contributed by atoms with Gasteiger partial charge in [0, 0.05) is 12.1 Å². The van der Waals surface area contributed by atoms with Crippen LogP contribution in [0.4, 0.5) is 8.78 Å². The number of carbonyl (C=O) groups is 1. The summed E-state index contributed by atoms with van der Waals surface area (Å²) in [4.78, 5) is 12.2. The molecule has 0 spiro atoms. The van der Waals surface area contributed by atoms with E-state index >= 15 is 0 Å². The van der Waals surface area contributed by atoms with Crippen LogP contribution < -0.4 is 0 Å². The van der Waals surface area contributed by atoms with Gasteiger partial charge in [-0.25, -0.2) is 13.6 Å². The van der Waals surface area contributed by atoms with Gasteiger partial charge in [-0.15, -0.1) is 0 Å². The standard InChI is InChI=1S/C21H13F2NO3/c22-16-7-8-18(19(23)10-16)20-11-17(24-27-20)12-26-21(25)15-6-5-13-3-1-2-4-14(13)9-15/h1-11H,12H2. The van der Waals surface area contributed by atoms with Crippen molar-refractivity contribution in [1.29, 1.82) is 0 Å². The van der Waals surface area contributed by atoms with Crippen molar-refractivity contribution in [3.8, 4) is 11.3 Å². The van der Waals surface area contributed by atoms with Crippen LogP contribution in [-0.4, -0.2) is 11.1 Å². The van der Waals surface area contributed by atoms with Crippen LogP contribution in [0.3, 0.4) is 0 Å². The van der Waals surface area contributed by atoms with Crippen molar-refractivity contribution in [2.24, 2.45) is 0 Å². The normalized spacial score (nSPS) is 10.9. The first-order valence-corrected chi connectivity index (χ1v) is 8.17. The average molecular weight is 365 g/mol. The highest BCUT2D eigenvalue weighted by atomic mass is 19.1. The van der Waals surface area contributed by atoms with Gasteiger partial charge in [0.25, 0.3) is 0 Å². The van der Waals surface area contributed by atoms with Gasteiger partial charge in [-0.05, 0) is 35.0 Å². The Morgan fingerprint density at radius 1 is 0.963 bits per heavy atom. The summed E-state index contributed by atoms with van der Waals surface area (Å²) >= 11 is 0. The number of hydrogen-bond acceptors (Lipinski definition) is 4. The summed E-state index contributed by atoms with van der Waals surface area (Å²) in [5, 5.41) is 5.72. The smallest absolute Gasteiger partial charge is 0.338 e. The Morgan fingerprint density at radius 2 is 1.78 bits per heavy atom. The maximum atomic E-state index is 13.8. The zero-order chi connectivity index (χ0) is 18.8. The summed E-state index contributed by atoms with van der Waals surface area (Å²) in [5.41, 5.74) is 0.820. The fourth-order valence-corrected chi connectivity index (χ4v) is 2.74. The molecule has 0 amide bonds. The number of carbonyl (C=O) groups excluding carboxylic acids is 1. The predicted octanol–water partition coefficient (Wildman–Crippen LogP) is 5.13. The monoisotopic (exact) mass is 365 g/mol. The summed E-state index contributed by atoms with van der Waals surface area (Å²) in [7, 11) is 0. The van der Waals surface area contributed by atoms with Crippen molar-refractivity contribution in [3.05, 3.63) is 89.6 Å². The molecule has 0 saturated carbocycles. The van der Waals surface area contributed by atoms with Crippen molar-refractivity contribution < 1.29 is 22.8 Å². The van der Waals surface area contributed by atoms with E-state index in [4.69, 9.17) is 9.26 Å². The lowest BCUT2D eigenvalue weighted by atomic mass is 10.1. The number of aromatic nitrogens is 1. The lowest BCUT2D eigenvalue weighted by Gasteiger charge is -2.04. The van der Waals surface area contributed by atoms with Gasteiger partial charge in [-0.1, -0.05) is 35.5 Å². The molecule has 4 nitrogen and oxygen atoms in total. The first-order chi connectivity index (χ1) is 13.1. The van der Waals surface area contributed by atoms with Crippen molar-refractivity contribution in [2.75, 3.05) is 0 Å². The molecular formula is C21H13F2NO3. The van der Waals surface area contributed by atoms with Crippen molar-refractivity contribution >= 4 is 16.7 Å². The molecule has 0 fully saturated rings. The third kappa shape index (κ3) is 3.55. The van der Waals surface area contributed by atoms with E-state index in [1.54, 1.807) is 12.1 Å². The zero-order valence-electron chi connectivity index (χ0n) is 14.0. The highest BCUT2D eigenvalue weighted by molar-refractivity contribution is 5.95. The van der Waals surface area contributed by atoms with Crippen molar-refractivity contribution in [1.82, 2.24) is 5.16 Å². The Hall–Kier alpha value is -3.54. The molecular weight excluding hydrogens is 352 g/mol. The number of nitrogens with zero attached hydrogens (tertiary/aromatic N) is 1. The van der Waals surface area contributed by atoms with Gasteiger partial charge in [0.2, 0.25) is 0 Å². The molecule has 0 saturated heterocycles. The molecule has 0 aliphatic heterocycles. The second kappa shape index (κ2) is 6.99. The largest absolute Gasteiger partial charge is 0.455 e. The number of hydrogen-bond donors (Lipinski definition) is 0. The van der Waals surface area contributed by atoms with E-state index in [1.807, 2.05) is 30.3 Å². The molecule has 6 heteroatoms. The topological polar surface area (TPSA) is 52.3 Å². The number of fused-ring (bicyclic) bond motifs is 1. The number of rotatable bonds is 4. The zero-order valence-corrected chi connectivity index (χ0v) is 14.0. The molecule has 1 heterocycles. The van der Waals surface area contributed by atoms with Gasteiger partial charge in [-0.3, -0.25) is 0 Å². The minimum Gasteiger partial charge on any atom is -0.455 e. The molecule has 0 radical (unpaired) electrons. The fraction of sp³-hybridized carbons (Fsp3) is 0.0476. The van der Waals surface area contributed by atoms with Crippen LogP contribution in [0.15, 0.2) is 71.3 Å². The van der Waals surface area contributed by atoms with E-state index < -0.39 is 17.6 Å². The second-order valence-electron chi connectivity index (χ2n) is 5.94. The maximum Gasteiger partial charge on any atom is 0.338 e. The fourth-order valence-electron chi connectivity index (χ4n) is 2.74. The van der Waals surface area contributed by atoms with Crippen LogP contribution in [0.25, 0.3) is 22.1 Å². The Bertz CT molecular complexity index is 1140. The summed E-state index contributed by atoms with van der Waals surface area (Å²) in [6.07, 6.45) is 0. The van der Waals surface area contributed by atoms with E-state index in [-0.39, 0.29) is 17.9 Å². The summed E-state index contributed by atoms with van der Waals surface area (Å²) in [6.45, 7) is -0.127. The molecule has 0 aliphatic carbocycles. The number of benzene rings is 3. The Morgan fingerprint density at radius 3 is 2.59 bits per heavy atom. The molecule has 4 aromatic rings. The van der Waals surface area contributed by atoms with E-state index in [0.717, 1.165) is 22.9 Å². The van der Waals surface area contributed by atoms with Gasteiger partial charge in [0.1, 0.15) is 23.9 Å². The lowest BCUT2D eigenvalue weighted by molar-refractivity contribution is 0.0464. The summed E-state index contributed by atoms with van der Waals surface area (Å²) in [6, 6.07) is 17.6. The minimum absolute atomic E-state index is 0.0796. The predicted molar refractivity (Wildman–Crippen MR) is 94.9 cm³/mol. The molecule has 134 valence electrons. The highest BCUT2D eigenvalue weighted by Crippen LogP contribution is 2.24. The molecule has 27 heavy (non-hydrogen) atoms. The van der Waals surface area contributed by atoms with Gasteiger partial charge in [-0.2, -0.15) is 0 Å². The summed E-state index contributed by atoms with van der Waals surface area (Å²) in [5.74, 6) is -1.81. The molecule has 0 atom stereocenters. The quantitative estimate of drug-likeness (QED) is 0.471. The molecule has 0 unspecified atom stereocenters. The molecule has 0 aliphatic rings. The van der Waals surface area contributed by atoms with Gasteiger partial charge in [0.15, 0.2) is 5.76 Å². The van der Waals surface area contributed by atoms with Crippen LogP contribution in [-0.2, 0) is 11.3 Å². The third-order valence-corrected chi connectivity index (χ3v) is 4.09. The van der Waals surface area contributed by atoms with Crippen LogP contribution in [0, 0.1) is 11.6 Å². The van der Waals surface area contributed by atoms with Gasteiger partial charge in [0.05, 0.1) is 11.1 Å². The molecule has 0 bridgehead atoms. The number of esters is 1. The van der Waals surface area contributed by atoms with Crippen molar-refractivity contribution in [2.45, 2.75) is 6.61 Å². The Balaban J connectivity index is 1.47. The van der Waals surface area contributed by atoms with Crippen LogP contribution in [0.1, 0.15) is 16.1 Å². The van der Waals surface area contributed by atoms with E-state index in [2.05, 4.69) is 5.16 Å². The van der Waals surface area contributed by atoms with Crippen LogP contribution in [0.2, 0.25) is 0 Å². The van der Waals surface area contributed by atoms with E-state index in [9.17, 15) is 13.6 Å². The van der Waals surface area contributed by atoms with Crippen LogP contribution >= 0.6 is 0 Å². The molecule has 0 N–H and O–H groups in total. The average Bonchev–Trinajstić information content (AvgIpc) is 3.14. The lowest BCUT2D eigenvalue weighted by Crippen LogP contribution is -2.05. The number of ether oxygens (including phenoxy) is 1. The van der Waals surface area contributed by atoms with Gasteiger partial charge >= 0.3 is 5.97 Å². The minimum atomic E-state index is -0.758. The number of halogens is 2. The Labute approximate surface area is 153 Å². The van der Waals surface area contributed by atoms with Gasteiger partial charge < -0.3 is 9.26 Å². The first kappa shape index (κ1) is 16.9. The second-order valence-corrected chi connectivity index (χ2v) is 5.94. The summed E-state index contributed by atoms with van der Waals surface area (Å²) < 4.78 is 37.1. The first-order valence-electron chi connectivity index (χ1n) is 8.17. The Kier molecular flexibility index (Phi) is 4.38. The maximum absolute atomic E-state index is 13.8. The SMILES string of the molecule is O=C(OCc1cc(-c2ccc(F)cc2F)on1)c1ccc2ccccc2c1. The molecule has 3 aromatic carbocycles. The van der Waals surface area contributed by atoms with Crippen molar-refractivity contribution in [3.63, 3.8) is 0 Å². The van der Waals surface area contributed by atoms with E-state index in [0.29, 0.717) is 11.3 Å². The third-order valence-electron chi connectivity index (χ3n) is 4.09. The van der Waals surface area contributed by atoms with Crippen LogP contribution in [0.5, 0.6) is 0 Å².